The number of nitriles is 1. The normalized spacial score (nSPS) is 11.4. The van der Waals surface area contributed by atoms with Gasteiger partial charge in [-0.3, -0.25) is 37.9 Å². The van der Waals surface area contributed by atoms with Crippen molar-refractivity contribution < 1.29 is 70.2 Å². The second-order valence-corrected chi connectivity index (χ2v) is 23.0. The van der Waals surface area contributed by atoms with Crippen LogP contribution in [0.3, 0.4) is 0 Å². The molecule has 101 heavy (non-hydrogen) atoms. The molecule has 0 saturated carbocycles. The Morgan fingerprint density at radius 2 is 0.970 bits per heavy atom. The predicted molar refractivity (Wildman–Crippen MR) is 368 cm³/mol. The topological polar surface area (TPSA) is 274 Å². The van der Waals surface area contributed by atoms with Crippen LogP contribution in [-0.2, 0) is 53.7 Å². The highest BCUT2D eigenvalue weighted by Gasteiger charge is 2.31. The molecule has 8 aromatic rings. The van der Waals surface area contributed by atoms with Crippen LogP contribution in [0.1, 0.15) is 87.3 Å². The zero-order valence-corrected chi connectivity index (χ0v) is 56.6. The molecule has 0 unspecified atom stereocenters. The SMILES string of the molecule is [C-]#[N+]c1ccc(-n2nccc2-c2cc(C(=O)CCCOCCOCCOCCOCCNC(=O)CCC(=O)CCCOCCOCCOCCOCCNC(=O)c3cc(-c4ccnn4-c4ccc(C#N)cc4)c(C)n(-c4cccc(C)c4)c3=O)c(=O)n(-c3cccc(C(F)(F)F)c3)c2C)cc1. The van der Waals surface area contributed by atoms with Crippen LogP contribution in [0.25, 0.3) is 50.1 Å². The number of hydrogen-bond acceptors (Lipinski definition) is 17. The molecule has 0 fully saturated rings. The summed E-state index contributed by atoms with van der Waals surface area (Å²) >= 11 is 0. The third-order valence-corrected chi connectivity index (χ3v) is 15.8. The van der Waals surface area contributed by atoms with E-state index in [1.165, 1.54) is 29.0 Å². The number of nitrogens with one attached hydrogen (secondary N) is 2. The van der Waals surface area contributed by atoms with Gasteiger partial charge < -0.3 is 48.5 Å². The summed E-state index contributed by atoms with van der Waals surface area (Å²) in [4.78, 5) is 83.4. The van der Waals surface area contributed by atoms with Gasteiger partial charge in [-0.05, 0) is 130 Å². The van der Waals surface area contributed by atoms with Crippen molar-refractivity contribution in [1.29, 1.82) is 5.26 Å². The lowest BCUT2D eigenvalue weighted by Gasteiger charge is -2.18. The quantitative estimate of drug-likeness (QED) is 0.0204. The second-order valence-electron chi connectivity index (χ2n) is 23.0. The summed E-state index contributed by atoms with van der Waals surface area (Å²) in [6.45, 7) is 17.6. The average Bonchev–Trinajstić information content (AvgIpc) is 1.76. The van der Waals surface area contributed by atoms with Crippen LogP contribution >= 0.6 is 0 Å². The summed E-state index contributed by atoms with van der Waals surface area (Å²) in [5, 5.41) is 23.8. The van der Waals surface area contributed by atoms with E-state index in [-0.39, 0.29) is 126 Å². The molecule has 2 N–H and O–H groups in total. The minimum atomic E-state index is -4.68. The van der Waals surface area contributed by atoms with Crippen molar-refractivity contribution in [2.45, 2.75) is 65.5 Å². The van der Waals surface area contributed by atoms with Crippen LogP contribution in [0.15, 0.2) is 143 Å². The highest BCUT2D eigenvalue weighted by Crippen LogP contribution is 2.33. The zero-order valence-electron chi connectivity index (χ0n) is 56.6. The highest BCUT2D eigenvalue weighted by atomic mass is 19.4. The Kier molecular flexibility index (Phi) is 30.1. The summed E-state index contributed by atoms with van der Waals surface area (Å²) in [7, 11) is 0. The van der Waals surface area contributed by atoms with Crippen LogP contribution in [0, 0.1) is 38.7 Å². The first-order chi connectivity index (χ1) is 49.0. The van der Waals surface area contributed by atoms with Gasteiger partial charge in [0.1, 0.15) is 11.3 Å². The molecular weight excluding hydrogens is 1310 g/mol. The van der Waals surface area contributed by atoms with E-state index in [0.717, 1.165) is 22.3 Å². The summed E-state index contributed by atoms with van der Waals surface area (Å²) in [6.07, 6.45) is -0.365. The standard InChI is InChI=1S/C74H81F3N10O14/c1-52-9-5-11-60(47-52)84-54(3)64(68-26-28-82-86(68)58-19-15-55(51-78)16-20-58)50-66(73(84)93)71(91)81-30-34-97-38-42-101-46-43-98-39-35-94-31-7-13-62(88)23-24-70(90)80-29-33-96-37-41-100-45-44-99-40-36-95-32-8-14-69(89)65-49-63(67-25-27-83-87(67)59-21-17-57(79-4)18-22-59)53(2)85(72(65)92)61-12-6-10-56(48-61)74(75,76)77/h5-6,9-12,15-22,25-28,47-50H,7-8,13-14,23-24,29-46H2,1-3H3,(H,80,90)(H,81,91). The first kappa shape index (κ1) is 76.7. The first-order valence-corrected chi connectivity index (χ1v) is 33.0. The number of ketones is 2. The van der Waals surface area contributed by atoms with E-state index < -0.39 is 34.5 Å². The van der Waals surface area contributed by atoms with E-state index in [9.17, 15) is 47.2 Å². The highest BCUT2D eigenvalue weighted by molar-refractivity contribution is 5.97. The van der Waals surface area contributed by atoms with Crippen LogP contribution < -0.4 is 21.8 Å². The van der Waals surface area contributed by atoms with Crippen molar-refractivity contribution in [2.75, 3.05) is 119 Å². The second kappa shape index (κ2) is 39.7. The molecule has 4 heterocycles. The molecule has 0 aliphatic carbocycles. The Balaban J connectivity index is 0.594. The molecule has 0 radical (unpaired) electrons. The van der Waals surface area contributed by atoms with E-state index in [2.05, 4.69) is 31.7 Å². The number of pyridine rings is 2. The Bertz CT molecular complexity index is 4270. The van der Waals surface area contributed by atoms with E-state index in [1.807, 2.05) is 38.1 Å². The molecule has 27 heteroatoms. The molecule has 0 atom stereocenters. The van der Waals surface area contributed by atoms with Crippen molar-refractivity contribution in [3.05, 3.63) is 205 Å². The van der Waals surface area contributed by atoms with Crippen molar-refractivity contribution in [3.8, 4) is 51.3 Å². The molecule has 0 aliphatic rings. The van der Waals surface area contributed by atoms with Gasteiger partial charge in [-0.15, -0.1) is 0 Å². The number of amides is 2. The van der Waals surface area contributed by atoms with Crippen molar-refractivity contribution >= 4 is 29.1 Å². The number of aromatic nitrogens is 6. The largest absolute Gasteiger partial charge is 0.416 e. The molecule has 532 valence electrons. The van der Waals surface area contributed by atoms with Gasteiger partial charge in [0.25, 0.3) is 17.0 Å². The van der Waals surface area contributed by atoms with E-state index >= 15 is 0 Å². The number of halogens is 3. The number of Topliss-reactive ketones (excluding diaryl/α,β-unsaturated/α-hetero) is 2. The fourth-order valence-corrected chi connectivity index (χ4v) is 10.7. The first-order valence-electron chi connectivity index (χ1n) is 33.0. The number of nitrogens with zero attached hydrogens (tertiary/aromatic N) is 8. The maximum absolute atomic E-state index is 14.0. The van der Waals surface area contributed by atoms with Gasteiger partial charge in [-0.2, -0.15) is 28.6 Å². The van der Waals surface area contributed by atoms with Gasteiger partial charge in [0.15, 0.2) is 11.5 Å². The third-order valence-electron chi connectivity index (χ3n) is 15.8. The molecular formula is C74H81F3N10O14. The average molecular weight is 1390 g/mol. The Hall–Kier alpha value is -10.1. The Morgan fingerprint density at radius 3 is 1.48 bits per heavy atom. The number of alkyl halides is 3. The molecule has 0 aliphatic heterocycles. The predicted octanol–water partition coefficient (Wildman–Crippen LogP) is 9.83. The molecule has 0 saturated heterocycles. The summed E-state index contributed by atoms with van der Waals surface area (Å²) in [5.74, 6) is -1.37. The van der Waals surface area contributed by atoms with Gasteiger partial charge in [-0.25, -0.2) is 14.2 Å². The number of carbonyl (C=O) groups excluding carboxylic acids is 4. The van der Waals surface area contributed by atoms with Crippen molar-refractivity contribution in [1.82, 2.24) is 39.3 Å². The van der Waals surface area contributed by atoms with E-state index in [1.54, 1.807) is 89.2 Å². The number of ether oxygens (including phenoxy) is 8. The maximum Gasteiger partial charge on any atom is 0.416 e. The molecule has 24 nitrogen and oxygen atoms in total. The number of benzene rings is 4. The van der Waals surface area contributed by atoms with Crippen LogP contribution in [0.2, 0.25) is 0 Å². The summed E-state index contributed by atoms with van der Waals surface area (Å²) < 4.78 is 92.0. The van der Waals surface area contributed by atoms with Gasteiger partial charge in [0, 0.05) is 85.9 Å². The summed E-state index contributed by atoms with van der Waals surface area (Å²) in [5.41, 5.74) is 4.27. The third kappa shape index (κ3) is 22.7. The monoisotopic (exact) mass is 1390 g/mol. The minimum Gasteiger partial charge on any atom is -0.379 e. The van der Waals surface area contributed by atoms with Crippen molar-refractivity contribution in [3.63, 3.8) is 0 Å². The van der Waals surface area contributed by atoms with E-state index in [4.69, 9.17) is 44.5 Å². The molecule has 8 rings (SSSR count). The minimum absolute atomic E-state index is 0.0393. The maximum atomic E-state index is 14.0. The smallest absolute Gasteiger partial charge is 0.379 e. The van der Waals surface area contributed by atoms with Crippen LogP contribution in [0.4, 0.5) is 18.9 Å². The molecule has 0 spiro atoms. The molecule has 4 aromatic heterocycles. The van der Waals surface area contributed by atoms with Crippen LogP contribution in [-0.4, -0.2) is 171 Å². The lowest BCUT2D eigenvalue weighted by atomic mass is 10.0. The lowest BCUT2D eigenvalue weighted by molar-refractivity contribution is -0.137. The number of carbonyl (C=O) groups is 4. The molecule has 4 aromatic carbocycles. The molecule has 0 bridgehead atoms. The van der Waals surface area contributed by atoms with Crippen LogP contribution in [0.5, 0.6) is 0 Å². The van der Waals surface area contributed by atoms with Gasteiger partial charge in [0.05, 0.1) is 157 Å². The fraction of sp³-hybridized carbons (Fsp3) is 0.378. The van der Waals surface area contributed by atoms with Gasteiger partial charge >= 0.3 is 6.18 Å². The van der Waals surface area contributed by atoms with Crippen molar-refractivity contribution in [2.24, 2.45) is 0 Å². The summed E-state index contributed by atoms with van der Waals surface area (Å²) in [6, 6.07) is 34.0. The fourth-order valence-electron chi connectivity index (χ4n) is 10.7. The zero-order chi connectivity index (χ0) is 71.9. The number of hydrogen-bond donors (Lipinski definition) is 2. The molecule has 2 amide bonds. The van der Waals surface area contributed by atoms with Gasteiger partial charge in [-0.1, -0.05) is 30.3 Å². The van der Waals surface area contributed by atoms with E-state index in [0.29, 0.717) is 122 Å². The Labute approximate surface area is 582 Å². The number of rotatable bonds is 43. The number of aryl methyl sites for hydroxylation is 1. The Morgan fingerprint density at radius 1 is 0.515 bits per heavy atom. The lowest BCUT2D eigenvalue weighted by Crippen LogP contribution is -2.35. The van der Waals surface area contributed by atoms with Gasteiger partial charge in [0.2, 0.25) is 5.91 Å².